The fourth-order valence-electron chi connectivity index (χ4n) is 2.21. The second-order valence-electron chi connectivity index (χ2n) is 4.25. The lowest BCUT2D eigenvalue weighted by Gasteiger charge is -2.14. The van der Waals surface area contributed by atoms with Gasteiger partial charge in [-0.1, -0.05) is 26.7 Å². The highest BCUT2D eigenvalue weighted by molar-refractivity contribution is 5.21. The molecule has 0 aliphatic rings. The average molecular weight is 208 g/mol. The van der Waals surface area contributed by atoms with Crippen LogP contribution in [0.3, 0.4) is 0 Å². The largest absolute Gasteiger partial charge is 0.270 e. The molecule has 0 N–H and O–H groups in total. The first-order valence-electron chi connectivity index (χ1n) is 6.26. The molecule has 15 heavy (non-hydrogen) atoms. The smallest absolute Gasteiger partial charge is 0.0527 e. The first kappa shape index (κ1) is 12.3. The van der Waals surface area contributed by atoms with Gasteiger partial charge in [0.25, 0.3) is 0 Å². The van der Waals surface area contributed by atoms with Crippen LogP contribution in [-0.4, -0.2) is 9.78 Å². The topological polar surface area (TPSA) is 17.8 Å². The molecule has 1 aromatic heterocycles. The monoisotopic (exact) mass is 208 g/mol. The van der Waals surface area contributed by atoms with Gasteiger partial charge in [0.2, 0.25) is 0 Å². The van der Waals surface area contributed by atoms with Gasteiger partial charge in [-0.15, -0.1) is 0 Å². The van der Waals surface area contributed by atoms with Gasteiger partial charge in [-0.3, -0.25) is 4.68 Å². The second-order valence-corrected chi connectivity index (χ2v) is 4.25. The number of nitrogens with zero attached hydrogens (tertiary/aromatic N) is 2. The summed E-state index contributed by atoms with van der Waals surface area (Å²) in [5.74, 6) is 0.713. The van der Waals surface area contributed by atoms with Gasteiger partial charge in [0, 0.05) is 12.2 Å². The van der Waals surface area contributed by atoms with E-state index in [1.54, 1.807) is 0 Å². The van der Waals surface area contributed by atoms with Gasteiger partial charge < -0.3 is 0 Å². The van der Waals surface area contributed by atoms with Crippen molar-refractivity contribution >= 4 is 0 Å². The van der Waals surface area contributed by atoms with E-state index in [4.69, 9.17) is 0 Å². The van der Waals surface area contributed by atoms with Crippen LogP contribution < -0.4 is 0 Å². The summed E-state index contributed by atoms with van der Waals surface area (Å²) >= 11 is 0. The maximum atomic E-state index is 4.43. The fraction of sp³-hybridized carbons (Fsp3) is 0.769. The molecule has 0 aliphatic heterocycles. The summed E-state index contributed by atoms with van der Waals surface area (Å²) in [6.45, 7) is 9.87. The van der Waals surface area contributed by atoms with Crippen molar-refractivity contribution in [1.82, 2.24) is 9.78 Å². The van der Waals surface area contributed by atoms with E-state index in [0.29, 0.717) is 5.92 Å². The van der Waals surface area contributed by atoms with Gasteiger partial charge in [-0.2, -0.15) is 5.10 Å². The van der Waals surface area contributed by atoms with Crippen molar-refractivity contribution in [1.29, 1.82) is 0 Å². The number of hydrogen-bond acceptors (Lipinski definition) is 1. The summed E-state index contributed by atoms with van der Waals surface area (Å²) in [5.41, 5.74) is 2.83. The molecule has 0 aromatic carbocycles. The summed E-state index contributed by atoms with van der Waals surface area (Å²) in [5, 5.41) is 4.43. The average Bonchev–Trinajstić information content (AvgIpc) is 2.62. The molecule has 86 valence electrons. The molecule has 1 aromatic rings. The molecular weight excluding hydrogens is 184 g/mol. The zero-order valence-corrected chi connectivity index (χ0v) is 10.6. The van der Waals surface area contributed by atoms with Crippen molar-refractivity contribution in [3.63, 3.8) is 0 Å². The Morgan fingerprint density at radius 3 is 2.53 bits per heavy atom. The normalized spacial score (nSPS) is 13.1. The van der Waals surface area contributed by atoms with Crippen LogP contribution in [0.25, 0.3) is 0 Å². The Bertz CT molecular complexity index is 289. The van der Waals surface area contributed by atoms with Gasteiger partial charge in [0.1, 0.15) is 0 Å². The molecule has 0 aliphatic carbocycles. The minimum atomic E-state index is 0.713. The Hall–Kier alpha value is -0.790. The Morgan fingerprint density at radius 2 is 2.07 bits per heavy atom. The van der Waals surface area contributed by atoms with Crippen molar-refractivity contribution in [2.24, 2.45) is 0 Å². The van der Waals surface area contributed by atoms with Crippen LogP contribution in [-0.2, 0) is 6.54 Å². The highest BCUT2D eigenvalue weighted by atomic mass is 15.3. The summed E-state index contributed by atoms with van der Waals surface area (Å²) < 4.78 is 2.10. The van der Waals surface area contributed by atoms with Gasteiger partial charge in [0.15, 0.2) is 0 Å². The van der Waals surface area contributed by atoms with Crippen molar-refractivity contribution in [2.75, 3.05) is 0 Å². The van der Waals surface area contributed by atoms with Crippen LogP contribution in [0.5, 0.6) is 0 Å². The molecular formula is C13H24N2. The third-order valence-electron chi connectivity index (χ3n) is 3.28. The molecule has 0 radical (unpaired) electrons. The van der Waals surface area contributed by atoms with Crippen molar-refractivity contribution in [3.8, 4) is 0 Å². The Balaban J connectivity index is 2.77. The number of aromatic nitrogens is 2. The molecule has 0 spiro atoms. The van der Waals surface area contributed by atoms with Gasteiger partial charge in [-0.05, 0) is 38.2 Å². The maximum absolute atomic E-state index is 4.43. The maximum Gasteiger partial charge on any atom is 0.0527 e. The van der Waals surface area contributed by atoms with Crippen LogP contribution in [0.15, 0.2) is 6.20 Å². The molecule has 0 fully saturated rings. The lowest BCUT2D eigenvalue weighted by Crippen LogP contribution is -2.02. The highest BCUT2D eigenvalue weighted by Gasteiger charge is 2.14. The van der Waals surface area contributed by atoms with Crippen molar-refractivity contribution in [3.05, 3.63) is 17.5 Å². The molecule has 0 amide bonds. The van der Waals surface area contributed by atoms with Gasteiger partial charge in [-0.25, -0.2) is 0 Å². The molecule has 1 heterocycles. The molecule has 0 saturated carbocycles. The minimum absolute atomic E-state index is 0.713. The van der Waals surface area contributed by atoms with Crippen LogP contribution >= 0.6 is 0 Å². The summed E-state index contributed by atoms with van der Waals surface area (Å²) in [7, 11) is 0. The molecule has 2 nitrogen and oxygen atoms in total. The zero-order chi connectivity index (χ0) is 11.3. The predicted molar refractivity (Wildman–Crippen MR) is 65.2 cm³/mol. The van der Waals surface area contributed by atoms with Gasteiger partial charge >= 0.3 is 0 Å². The Morgan fingerprint density at radius 1 is 1.33 bits per heavy atom. The first-order chi connectivity index (χ1) is 7.24. The van der Waals surface area contributed by atoms with Crippen LogP contribution in [0.2, 0.25) is 0 Å². The van der Waals surface area contributed by atoms with E-state index in [1.165, 1.54) is 36.9 Å². The SMILES string of the molecule is CCCCC(CC)c1cnn(CC)c1C. The summed E-state index contributed by atoms with van der Waals surface area (Å²) in [6.07, 6.45) is 7.23. The van der Waals surface area contributed by atoms with E-state index in [2.05, 4.69) is 43.7 Å². The van der Waals surface area contributed by atoms with E-state index in [0.717, 1.165) is 6.54 Å². The second kappa shape index (κ2) is 5.94. The van der Waals surface area contributed by atoms with E-state index in [9.17, 15) is 0 Å². The molecule has 1 atom stereocenters. The highest BCUT2D eigenvalue weighted by Crippen LogP contribution is 2.27. The Labute approximate surface area is 93.7 Å². The van der Waals surface area contributed by atoms with E-state index in [1.807, 2.05) is 0 Å². The molecule has 0 bridgehead atoms. The predicted octanol–water partition coefficient (Wildman–Crippen LogP) is 3.90. The molecule has 2 heteroatoms. The third kappa shape index (κ3) is 2.83. The standard InChI is InChI=1S/C13H24N2/c1-5-8-9-12(6-2)13-10-14-15(7-3)11(13)4/h10,12H,5-9H2,1-4H3. The lowest BCUT2D eigenvalue weighted by molar-refractivity contribution is 0.563. The Kier molecular flexibility index (Phi) is 4.86. The summed E-state index contributed by atoms with van der Waals surface area (Å²) in [6, 6.07) is 0. The van der Waals surface area contributed by atoms with E-state index < -0.39 is 0 Å². The number of hydrogen-bond donors (Lipinski definition) is 0. The van der Waals surface area contributed by atoms with Crippen LogP contribution in [0.1, 0.15) is 63.6 Å². The third-order valence-corrected chi connectivity index (χ3v) is 3.28. The number of rotatable bonds is 6. The van der Waals surface area contributed by atoms with Crippen LogP contribution in [0.4, 0.5) is 0 Å². The first-order valence-corrected chi connectivity index (χ1v) is 6.26. The van der Waals surface area contributed by atoms with Gasteiger partial charge in [0.05, 0.1) is 6.20 Å². The molecule has 1 unspecified atom stereocenters. The van der Waals surface area contributed by atoms with Crippen LogP contribution in [0, 0.1) is 6.92 Å². The van der Waals surface area contributed by atoms with E-state index in [-0.39, 0.29) is 0 Å². The van der Waals surface area contributed by atoms with E-state index >= 15 is 0 Å². The van der Waals surface area contributed by atoms with Crippen molar-refractivity contribution in [2.45, 2.75) is 65.8 Å². The fourth-order valence-corrected chi connectivity index (χ4v) is 2.21. The lowest BCUT2D eigenvalue weighted by atomic mass is 9.92. The summed E-state index contributed by atoms with van der Waals surface area (Å²) in [4.78, 5) is 0. The van der Waals surface area contributed by atoms with Crippen molar-refractivity contribution < 1.29 is 0 Å². The number of aryl methyl sites for hydroxylation is 1. The zero-order valence-electron chi connectivity index (χ0n) is 10.6. The molecule has 0 saturated heterocycles. The quantitative estimate of drug-likeness (QED) is 0.693. The minimum Gasteiger partial charge on any atom is -0.270 e. The number of unbranched alkanes of at least 4 members (excludes halogenated alkanes) is 1. The molecule has 1 rings (SSSR count).